The van der Waals surface area contributed by atoms with Gasteiger partial charge in [-0.1, -0.05) is 12.1 Å². The van der Waals surface area contributed by atoms with Crippen LogP contribution in [-0.2, 0) is 16.0 Å². The van der Waals surface area contributed by atoms with E-state index in [9.17, 15) is 5.11 Å². The van der Waals surface area contributed by atoms with E-state index in [-0.39, 0.29) is 0 Å². The molecular formula is C13H23N3O3. The fraction of sp³-hybridized carbons (Fsp3) is 0.846. The van der Waals surface area contributed by atoms with Crippen LogP contribution in [0.5, 0.6) is 0 Å². The second kappa shape index (κ2) is 6.45. The molecule has 1 saturated heterocycles. The van der Waals surface area contributed by atoms with Crippen molar-refractivity contribution in [3.05, 3.63) is 11.9 Å². The molecule has 0 amide bonds. The fourth-order valence-electron chi connectivity index (χ4n) is 2.63. The van der Waals surface area contributed by atoms with Crippen molar-refractivity contribution < 1.29 is 14.6 Å². The number of nitrogens with zero attached hydrogens (tertiary/aromatic N) is 3. The Kier molecular flexibility index (Phi) is 4.90. The average Bonchev–Trinajstić information content (AvgIpc) is 2.88. The first kappa shape index (κ1) is 14.4. The van der Waals surface area contributed by atoms with Gasteiger partial charge in [0.2, 0.25) is 0 Å². The molecule has 1 unspecified atom stereocenters. The van der Waals surface area contributed by atoms with Gasteiger partial charge in [-0.25, -0.2) is 4.68 Å². The molecule has 1 fully saturated rings. The first-order valence-electron chi connectivity index (χ1n) is 7.01. The zero-order valence-electron chi connectivity index (χ0n) is 11.7. The molecule has 0 radical (unpaired) electrons. The summed E-state index contributed by atoms with van der Waals surface area (Å²) in [5.74, 6) is 0. The largest absolute Gasteiger partial charge is 0.384 e. The van der Waals surface area contributed by atoms with Crippen LogP contribution in [-0.4, -0.2) is 45.5 Å². The fourth-order valence-corrected chi connectivity index (χ4v) is 2.63. The van der Waals surface area contributed by atoms with Crippen LogP contribution in [0.3, 0.4) is 0 Å². The number of aromatic nitrogens is 3. The second-order valence-electron chi connectivity index (χ2n) is 4.89. The first-order valence-corrected chi connectivity index (χ1v) is 7.01. The van der Waals surface area contributed by atoms with E-state index in [1.807, 2.05) is 6.92 Å². The molecule has 0 aliphatic carbocycles. The summed E-state index contributed by atoms with van der Waals surface area (Å²) in [7, 11) is 0. The Labute approximate surface area is 113 Å². The molecule has 1 aromatic heterocycles. The smallest absolute Gasteiger partial charge is 0.126 e. The van der Waals surface area contributed by atoms with Crippen LogP contribution < -0.4 is 0 Å². The van der Waals surface area contributed by atoms with E-state index in [1.165, 1.54) is 0 Å². The number of hydrogen-bond acceptors (Lipinski definition) is 5. The first-order chi connectivity index (χ1) is 9.23. The minimum absolute atomic E-state index is 0.569. The van der Waals surface area contributed by atoms with E-state index < -0.39 is 11.7 Å². The molecule has 1 N–H and O–H groups in total. The maximum atomic E-state index is 10.7. The molecule has 0 bridgehead atoms. The Hall–Kier alpha value is -0.980. The van der Waals surface area contributed by atoms with Crippen molar-refractivity contribution >= 4 is 0 Å². The molecule has 0 aromatic carbocycles. The van der Waals surface area contributed by atoms with Crippen molar-refractivity contribution in [2.45, 2.75) is 51.4 Å². The van der Waals surface area contributed by atoms with Crippen LogP contribution in [0.4, 0.5) is 0 Å². The lowest BCUT2D eigenvalue weighted by atomic mass is 9.86. The lowest BCUT2D eigenvalue weighted by molar-refractivity contribution is -0.169. The van der Waals surface area contributed by atoms with Gasteiger partial charge < -0.3 is 14.6 Å². The molecule has 1 aromatic rings. The summed E-state index contributed by atoms with van der Waals surface area (Å²) in [5.41, 5.74) is 0.164. The summed E-state index contributed by atoms with van der Waals surface area (Å²) < 4.78 is 13.0. The van der Waals surface area contributed by atoms with E-state index >= 15 is 0 Å². The molecule has 2 heterocycles. The van der Waals surface area contributed by atoms with Crippen LogP contribution >= 0.6 is 0 Å². The minimum atomic E-state index is -0.710. The van der Waals surface area contributed by atoms with Crippen LogP contribution in [0, 0.1) is 0 Å². The Morgan fingerprint density at radius 2 is 2.21 bits per heavy atom. The topological polar surface area (TPSA) is 69.4 Å². The van der Waals surface area contributed by atoms with Gasteiger partial charge in [-0.15, -0.1) is 5.10 Å². The SMILES string of the molecule is CCCn1nncc1C(O)C1(OCC)CCOCC1. The number of aliphatic hydroxyl groups excluding tert-OH is 1. The Balaban J connectivity index is 2.22. The third kappa shape index (κ3) is 2.96. The minimum Gasteiger partial charge on any atom is -0.384 e. The summed E-state index contributed by atoms with van der Waals surface area (Å²) in [6.45, 7) is 6.59. The highest BCUT2D eigenvalue weighted by molar-refractivity contribution is 5.08. The third-order valence-electron chi connectivity index (χ3n) is 3.63. The van der Waals surface area contributed by atoms with E-state index in [0.717, 1.165) is 18.7 Å². The quantitative estimate of drug-likeness (QED) is 0.843. The zero-order valence-corrected chi connectivity index (χ0v) is 11.7. The second-order valence-corrected chi connectivity index (χ2v) is 4.89. The van der Waals surface area contributed by atoms with Crippen molar-refractivity contribution in [3.63, 3.8) is 0 Å². The van der Waals surface area contributed by atoms with E-state index in [1.54, 1.807) is 10.9 Å². The predicted octanol–water partition coefficient (Wildman–Crippen LogP) is 1.31. The van der Waals surface area contributed by atoms with Gasteiger partial charge in [0.25, 0.3) is 0 Å². The van der Waals surface area contributed by atoms with Gasteiger partial charge in [-0.2, -0.15) is 0 Å². The lowest BCUT2D eigenvalue weighted by Crippen LogP contribution is -2.45. The highest BCUT2D eigenvalue weighted by Crippen LogP contribution is 2.37. The van der Waals surface area contributed by atoms with Crippen LogP contribution in [0.25, 0.3) is 0 Å². The summed E-state index contributed by atoms with van der Waals surface area (Å²) in [4.78, 5) is 0. The molecule has 1 atom stereocenters. The highest BCUT2D eigenvalue weighted by Gasteiger charge is 2.42. The van der Waals surface area contributed by atoms with E-state index in [2.05, 4.69) is 17.2 Å². The molecule has 6 heteroatoms. The van der Waals surface area contributed by atoms with Crippen molar-refractivity contribution in [2.24, 2.45) is 0 Å². The zero-order chi connectivity index (χ0) is 13.7. The highest BCUT2D eigenvalue weighted by atomic mass is 16.5. The average molecular weight is 269 g/mol. The van der Waals surface area contributed by atoms with Crippen LogP contribution in [0.1, 0.15) is 44.9 Å². The van der Waals surface area contributed by atoms with Gasteiger partial charge in [0, 0.05) is 39.2 Å². The molecular weight excluding hydrogens is 246 g/mol. The Morgan fingerprint density at radius 3 is 2.84 bits per heavy atom. The van der Waals surface area contributed by atoms with Crippen molar-refractivity contribution in [1.29, 1.82) is 0 Å². The maximum Gasteiger partial charge on any atom is 0.126 e. The summed E-state index contributed by atoms with van der Waals surface area (Å²) in [5, 5.41) is 18.7. The Morgan fingerprint density at radius 1 is 1.47 bits per heavy atom. The number of aliphatic hydroxyl groups is 1. The number of aryl methyl sites for hydroxylation is 1. The van der Waals surface area contributed by atoms with Gasteiger partial charge in [-0.05, 0) is 13.3 Å². The van der Waals surface area contributed by atoms with E-state index in [0.29, 0.717) is 32.7 Å². The predicted molar refractivity (Wildman–Crippen MR) is 69.7 cm³/mol. The molecule has 108 valence electrons. The molecule has 0 saturated carbocycles. The Bertz CT molecular complexity index is 383. The molecule has 2 rings (SSSR count). The summed E-state index contributed by atoms with van der Waals surface area (Å²) >= 11 is 0. The van der Waals surface area contributed by atoms with Gasteiger partial charge in [0.1, 0.15) is 11.7 Å². The third-order valence-corrected chi connectivity index (χ3v) is 3.63. The molecule has 6 nitrogen and oxygen atoms in total. The van der Waals surface area contributed by atoms with Crippen LogP contribution in [0.15, 0.2) is 6.20 Å². The van der Waals surface area contributed by atoms with Crippen LogP contribution in [0.2, 0.25) is 0 Å². The lowest BCUT2D eigenvalue weighted by Gasteiger charge is -2.40. The number of ether oxygens (including phenoxy) is 2. The van der Waals surface area contributed by atoms with Crippen molar-refractivity contribution in [3.8, 4) is 0 Å². The maximum absolute atomic E-state index is 10.7. The monoisotopic (exact) mass is 269 g/mol. The summed E-state index contributed by atoms with van der Waals surface area (Å²) in [6, 6.07) is 0. The molecule has 19 heavy (non-hydrogen) atoms. The molecule has 1 aliphatic heterocycles. The van der Waals surface area contributed by atoms with Crippen molar-refractivity contribution in [1.82, 2.24) is 15.0 Å². The number of hydrogen-bond donors (Lipinski definition) is 1. The molecule has 0 spiro atoms. The van der Waals surface area contributed by atoms with Crippen molar-refractivity contribution in [2.75, 3.05) is 19.8 Å². The van der Waals surface area contributed by atoms with Gasteiger partial charge in [0.05, 0.1) is 11.9 Å². The normalized spacial score (nSPS) is 20.4. The standard InChI is InChI=1S/C13H23N3O3/c1-3-7-16-11(10-14-15-16)12(17)13(19-4-2)5-8-18-9-6-13/h10,12,17H,3-9H2,1-2H3. The van der Waals surface area contributed by atoms with E-state index in [4.69, 9.17) is 9.47 Å². The molecule has 1 aliphatic rings. The van der Waals surface area contributed by atoms with Gasteiger partial charge in [-0.3, -0.25) is 0 Å². The summed E-state index contributed by atoms with van der Waals surface area (Å²) in [6.07, 6.45) is 3.26. The number of rotatable bonds is 6. The van der Waals surface area contributed by atoms with Gasteiger partial charge in [0.15, 0.2) is 0 Å². The van der Waals surface area contributed by atoms with Gasteiger partial charge >= 0.3 is 0 Å².